The van der Waals surface area contributed by atoms with Crippen molar-refractivity contribution >= 4 is 38.9 Å². The van der Waals surface area contributed by atoms with Crippen LogP contribution in [0.4, 0.5) is 11.4 Å². The number of rotatable bonds is 8. The highest BCUT2D eigenvalue weighted by Gasteiger charge is 2.18. The molecule has 0 aliphatic rings. The van der Waals surface area contributed by atoms with E-state index in [9.17, 15) is 13.2 Å². The predicted octanol–water partition coefficient (Wildman–Crippen LogP) is 3.84. The standard InChI is InChI=1S/C19H23ClN2O4S/c1-14-6-4-7-16(12-14)22(27(3,24)25)11-5-8-19(23)21-17-13-15(20)9-10-18(17)26-2/h4,6-7,9-10,12-13H,5,8,11H2,1-3H3,(H,21,23). The number of aryl methyl sites for hydroxylation is 1. The molecule has 0 bridgehead atoms. The van der Waals surface area contributed by atoms with E-state index in [-0.39, 0.29) is 18.9 Å². The summed E-state index contributed by atoms with van der Waals surface area (Å²) >= 11 is 5.95. The van der Waals surface area contributed by atoms with Crippen molar-refractivity contribution in [2.75, 3.05) is 29.5 Å². The number of amides is 1. The maximum Gasteiger partial charge on any atom is 0.232 e. The lowest BCUT2D eigenvalue weighted by molar-refractivity contribution is -0.116. The summed E-state index contributed by atoms with van der Waals surface area (Å²) in [6.45, 7) is 2.11. The van der Waals surface area contributed by atoms with Gasteiger partial charge in [0.05, 0.1) is 24.7 Å². The van der Waals surface area contributed by atoms with Crippen LogP contribution in [0.1, 0.15) is 18.4 Å². The van der Waals surface area contributed by atoms with Gasteiger partial charge in [0.2, 0.25) is 15.9 Å². The molecule has 0 aliphatic carbocycles. The van der Waals surface area contributed by atoms with Crippen LogP contribution >= 0.6 is 11.6 Å². The normalized spacial score (nSPS) is 11.1. The fourth-order valence-corrected chi connectivity index (χ4v) is 3.77. The van der Waals surface area contributed by atoms with Gasteiger partial charge in [-0.15, -0.1) is 0 Å². The van der Waals surface area contributed by atoms with E-state index in [0.29, 0.717) is 28.6 Å². The van der Waals surface area contributed by atoms with E-state index in [1.54, 1.807) is 36.4 Å². The Bertz CT molecular complexity index is 916. The molecule has 8 heteroatoms. The molecule has 0 atom stereocenters. The van der Waals surface area contributed by atoms with Crippen LogP contribution < -0.4 is 14.4 Å². The molecule has 1 amide bonds. The van der Waals surface area contributed by atoms with Crippen molar-refractivity contribution in [3.63, 3.8) is 0 Å². The van der Waals surface area contributed by atoms with Gasteiger partial charge >= 0.3 is 0 Å². The van der Waals surface area contributed by atoms with E-state index in [1.807, 2.05) is 13.0 Å². The minimum atomic E-state index is -3.44. The number of ether oxygens (including phenoxy) is 1. The van der Waals surface area contributed by atoms with Gasteiger partial charge in [-0.25, -0.2) is 8.42 Å². The van der Waals surface area contributed by atoms with Crippen LogP contribution in [0.25, 0.3) is 0 Å². The van der Waals surface area contributed by atoms with Gasteiger partial charge in [-0.3, -0.25) is 9.10 Å². The summed E-state index contributed by atoms with van der Waals surface area (Å²) in [5, 5.41) is 3.23. The van der Waals surface area contributed by atoms with Crippen LogP contribution in [0.3, 0.4) is 0 Å². The van der Waals surface area contributed by atoms with Crippen LogP contribution in [0, 0.1) is 6.92 Å². The molecule has 0 saturated heterocycles. The molecule has 1 N–H and O–H groups in total. The van der Waals surface area contributed by atoms with Crippen molar-refractivity contribution in [1.29, 1.82) is 0 Å². The smallest absolute Gasteiger partial charge is 0.232 e. The number of carbonyl (C=O) groups is 1. The second-order valence-corrected chi connectivity index (χ2v) is 8.51. The van der Waals surface area contributed by atoms with Crippen LogP contribution in [-0.4, -0.2) is 34.2 Å². The Balaban J connectivity index is 2.01. The summed E-state index contributed by atoms with van der Waals surface area (Å²) in [4.78, 5) is 12.2. The zero-order chi connectivity index (χ0) is 20.0. The number of sulfonamides is 1. The Morgan fingerprint density at radius 2 is 1.96 bits per heavy atom. The number of methoxy groups -OCH3 is 1. The molecule has 0 fully saturated rings. The quantitative estimate of drug-likeness (QED) is 0.717. The molecule has 0 radical (unpaired) electrons. The van der Waals surface area contributed by atoms with Gasteiger partial charge in [-0.2, -0.15) is 0 Å². The van der Waals surface area contributed by atoms with Gasteiger partial charge in [0.25, 0.3) is 0 Å². The highest BCUT2D eigenvalue weighted by Crippen LogP contribution is 2.28. The summed E-state index contributed by atoms with van der Waals surface area (Å²) in [5.74, 6) is 0.263. The topological polar surface area (TPSA) is 75.7 Å². The van der Waals surface area contributed by atoms with E-state index in [0.717, 1.165) is 11.8 Å². The number of nitrogens with zero attached hydrogens (tertiary/aromatic N) is 1. The highest BCUT2D eigenvalue weighted by molar-refractivity contribution is 7.92. The first-order valence-corrected chi connectivity index (χ1v) is 10.6. The molecule has 27 heavy (non-hydrogen) atoms. The fourth-order valence-electron chi connectivity index (χ4n) is 2.64. The molecule has 0 spiro atoms. The zero-order valence-corrected chi connectivity index (χ0v) is 17.1. The summed E-state index contributed by atoms with van der Waals surface area (Å²) in [6.07, 6.45) is 1.69. The van der Waals surface area contributed by atoms with Crippen molar-refractivity contribution in [2.24, 2.45) is 0 Å². The number of benzene rings is 2. The monoisotopic (exact) mass is 410 g/mol. The molecule has 2 aromatic rings. The molecule has 0 aliphatic heterocycles. The lowest BCUT2D eigenvalue weighted by Crippen LogP contribution is -2.31. The van der Waals surface area contributed by atoms with Crippen molar-refractivity contribution in [3.8, 4) is 5.75 Å². The number of nitrogens with one attached hydrogen (secondary N) is 1. The summed E-state index contributed by atoms with van der Waals surface area (Å²) in [5.41, 5.74) is 2.04. The molecule has 2 aromatic carbocycles. The Morgan fingerprint density at radius 1 is 1.22 bits per heavy atom. The van der Waals surface area contributed by atoms with E-state index in [4.69, 9.17) is 16.3 Å². The van der Waals surface area contributed by atoms with Crippen LogP contribution in [0.5, 0.6) is 5.75 Å². The number of anilines is 2. The van der Waals surface area contributed by atoms with E-state index in [1.165, 1.54) is 11.4 Å². The fraction of sp³-hybridized carbons (Fsp3) is 0.316. The van der Waals surface area contributed by atoms with Crippen molar-refractivity contribution in [3.05, 3.63) is 53.1 Å². The zero-order valence-electron chi connectivity index (χ0n) is 15.5. The first kappa shape index (κ1) is 21.1. The molecule has 146 valence electrons. The molecular weight excluding hydrogens is 388 g/mol. The molecular formula is C19H23ClN2O4S. The Kier molecular flexibility index (Phi) is 7.10. The Labute approximate surface area is 165 Å². The maximum atomic E-state index is 12.2. The number of halogens is 1. The molecule has 0 aromatic heterocycles. The van der Waals surface area contributed by atoms with Crippen molar-refractivity contribution < 1.29 is 17.9 Å². The molecule has 0 saturated carbocycles. The first-order valence-electron chi connectivity index (χ1n) is 8.38. The molecule has 2 rings (SSSR count). The third-order valence-electron chi connectivity index (χ3n) is 3.89. The lowest BCUT2D eigenvalue weighted by atomic mass is 10.2. The van der Waals surface area contributed by atoms with E-state index >= 15 is 0 Å². The van der Waals surface area contributed by atoms with Crippen molar-refractivity contribution in [1.82, 2.24) is 0 Å². The largest absolute Gasteiger partial charge is 0.495 e. The third-order valence-corrected chi connectivity index (χ3v) is 5.32. The van der Waals surface area contributed by atoms with Gasteiger partial charge in [0.1, 0.15) is 5.75 Å². The predicted molar refractivity (Wildman–Crippen MR) is 109 cm³/mol. The summed E-state index contributed by atoms with van der Waals surface area (Å²) in [6, 6.07) is 12.2. The molecule has 0 unspecified atom stereocenters. The van der Waals surface area contributed by atoms with Crippen LogP contribution in [0.15, 0.2) is 42.5 Å². The first-order chi connectivity index (χ1) is 12.7. The second-order valence-electron chi connectivity index (χ2n) is 6.17. The molecule has 0 heterocycles. The number of hydrogen-bond donors (Lipinski definition) is 1. The Hall–Kier alpha value is -2.25. The highest BCUT2D eigenvalue weighted by atomic mass is 35.5. The van der Waals surface area contributed by atoms with Gasteiger partial charge in [-0.05, 0) is 49.2 Å². The average Bonchev–Trinajstić information content (AvgIpc) is 2.58. The van der Waals surface area contributed by atoms with Gasteiger partial charge in [0.15, 0.2) is 0 Å². The maximum absolute atomic E-state index is 12.2. The van der Waals surface area contributed by atoms with Crippen molar-refractivity contribution in [2.45, 2.75) is 19.8 Å². The minimum Gasteiger partial charge on any atom is -0.495 e. The number of hydrogen-bond acceptors (Lipinski definition) is 4. The lowest BCUT2D eigenvalue weighted by Gasteiger charge is -2.22. The van der Waals surface area contributed by atoms with Gasteiger partial charge in [-0.1, -0.05) is 23.7 Å². The van der Waals surface area contributed by atoms with Crippen LogP contribution in [0.2, 0.25) is 5.02 Å². The average molecular weight is 411 g/mol. The van der Waals surface area contributed by atoms with Gasteiger partial charge < -0.3 is 10.1 Å². The van der Waals surface area contributed by atoms with Gasteiger partial charge in [0, 0.05) is 18.0 Å². The number of carbonyl (C=O) groups excluding carboxylic acids is 1. The van der Waals surface area contributed by atoms with Crippen LogP contribution in [-0.2, 0) is 14.8 Å². The summed E-state index contributed by atoms with van der Waals surface area (Å²) < 4.78 is 30.8. The van der Waals surface area contributed by atoms with E-state index in [2.05, 4.69) is 5.32 Å². The van der Waals surface area contributed by atoms with E-state index < -0.39 is 10.0 Å². The third kappa shape index (κ3) is 6.15. The minimum absolute atomic E-state index is 0.160. The summed E-state index contributed by atoms with van der Waals surface area (Å²) in [7, 11) is -1.94. The Morgan fingerprint density at radius 3 is 2.59 bits per heavy atom. The molecule has 6 nitrogen and oxygen atoms in total. The SMILES string of the molecule is COc1ccc(Cl)cc1NC(=O)CCCN(c1cccc(C)c1)S(C)(=O)=O. The second kappa shape index (κ2) is 9.10.